The van der Waals surface area contributed by atoms with Gasteiger partial charge in [0.25, 0.3) is 0 Å². The van der Waals surface area contributed by atoms with Crippen molar-refractivity contribution in [1.82, 2.24) is 9.97 Å². The highest BCUT2D eigenvalue weighted by Gasteiger charge is 2.32. The Morgan fingerprint density at radius 3 is 3.10 bits per heavy atom. The second kappa shape index (κ2) is 6.15. The van der Waals surface area contributed by atoms with Crippen molar-refractivity contribution < 1.29 is 5.11 Å². The number of rotatable bonds is 5. The summed E-state index contributed by atoms with van der Waals surface area (Å²) in [5.74, 6) is 2.15. The maximum atomic E-state index is 9.70. The fraction of sp³-hybridized carbons (Fsp3) is 0.600. The third-order valence-electron chi connectivity index (χ3n) is 4.18. The number of fused-ring (bicyclic) bond motifs is 1. The van der Waals surface area contributed by atoms with E-state index in [2.05, 4.69) is 40.5 Å². The standard InChI is InChI=1S/C15H22N4OS/c1-3-6-16-15-17-13(11-5-8-21-14(11)18-15)19-7-4-10(2)12(19)9-20/h5,8,10,12,20H,3-4,6-7,9H2,1-2H3,(H,16,17,18). The lowest BCUT2D eigenvalue weighted by Gasteiger charge is -2.27. The van der Waals surface area contributed by atoms with Crippen LogP contribution >= 0.6 is 11.3 Å². The van der Waals surface area contributed by atoms with Crippen molar-refractivity contribution in [3.63, 3.8) is 0 Å². The van der Waals surface area contributed by atoms with Crippen molar-refractivity contribution >= 4 is 33.3 Å². The molecule has 0 aliphatic carbocycles. The predicted molar refractivity (Wildman–Crippen MR) is 88.2 cm³/mol. The molecule has 5 nitrogen and oxygen atoms in total. The Kier molecular flexibility index (Phi) is 4.26. The number of nitrogens with zero attached hydrogens (tertiary/aromatic N) is 3. The molecule has 21 heavy (non-hydrogen) atoms. The minimum atomic E-state index is 0.155. The number of thiophene rings is 1. The second-order valence-corrected chi connectivity index (χ2v) is 6.54. The maximum absolute atomic E-state index is 9.70. The quantitative estimate of drug-likeness (QED) is 0.889. The van der Waals surface area contributed by atoms with E-state index in [4.69, 9.17) is 4.98 Å². The molecule has 0 bridgehead atoms. The molecule has 1 fully saturated rings. The molecule has 2 unspecified atom stereocenters. The fourth-order valence-electron chi connectivity index (χ4n) is 2.92. The van der Waals surface area contributed by atoms with Crippen LogP contribution in [0.2, 0.25) is 0 Å². The minimum Gasteiger partial charge on any atom is -0.394 e. The first-order valence-corrected chi connectivity index (χ1v) is 8.49. The molecular formula is C15H22N4OS. The Bertz CT molecular complexity index is 615. The first kappa shape index (κ1) is 14.5. The van der Waals surface area contributed by atoms with E-state index in [1.807, 2.05) is 0 Å². The Labute approximate surface area is 129 Å². The van der Waals surface area contributed by atoms with Gasteiger partial charge in [0.15, 0.2) is 0 Å². The molecule has 1 saturated heterocycles. The average molecular weight is 306 g/mol. The van der Waals surface area contributed by atoms with Crippen LogP contribution in [-0.4, -0.2) is 40.8 Å². The molecule has 2 aromatic heterocycles. The van der Waals surface area contributed by atoms with E-state index >= 15 is 0 Å². The second-order valence-electron chi connectivity index (χ2n) is 5.65. The molecule has 1 aliphatic heterocycles. The van der Waals surface area contributed by atoms with E-state index in [0.717, 1.165) is 42.0 Å². The summed E-state index contributed by atoms with van der Waals surface area (Å²) in [7, 11) is 0. The molecule has 0 aromatic carbocycles. The largest absolute Gasteiger partial charge is 0.394 e. The van der Waals surface area contributed by atoms with Crippen molar-refractivity contribution in [2.45, 2.75) is 32.7 Å². The van der Waals surface area contributed by atoms with Gasteiger partial charge in [-0.15, -0.1) is 11.3 Å². The molecule has 114 valence electrons. The number of aromatic nitrogens is 2. The highest BCUT2D eigenvalue weighted by Crippen LogP contribution is 2.35. The monoisotopic (exact) mass is 306 g/mol. The van der Waals surface area contributed by atoms with Gasteiger partial charge in [-0.25, -0.2) is 4.98 Å². The van der Waals surface area contributed by atoms with Gasteiger partial charge in [-0.05, 0) is 30.2 Å². The molecule has 0 radical (unpaired) electrons. The van der Waals surface area contributed by atoms with Crippen LogP contribution in [0.25, 0.3) is 10.2 Å². The molecule has 3 heterocycles. The van der Waals surface area contributed by atoms with Crippen molar-refractivity contribution in [2.24, 2.45) is 5.92 Å². The van der Waals surface area contributed by atoms with Crippen LogP contribution in [0.5, 0.6) is 0 Å². The van der Waals surface area contributed by atoms with Crippen LogP contribution in [-0.2, 0) is 0 Å². The molecule has 0 saturated carbocycles. The van der Waals surface area contributed by atoms with E-state index in [0.29, 0.717) is 11.9 Å². The number of anilines is 2. The Morgan fingerprint density at radius 1 is 1.48 bits per heavy atom. The van der Waals surface area contributed by atoms with Crippen LogP contribution in [0.3, 0.4) is 0 Å². The SMILES string of the molecule is CCCNc1nc(N2CCC(C)C2CO)c2ccsc2n1. The summed E-state index contributed by atoms with van der Waals surface area (Å²) in [6, 6.07) is 2.23. The smallest absolute Gasteiger partial charge is 0.226 e. The Balaban J connectivity index is 2.01. The topological polar surface area (TPSA) is 61.3 Å². The predicted octanol–water partition coefficient (Wildman–Crippen LogP) is 2.72. The first-order chi connectivity index (χ1) is 10.2. The van der Waals surface area contributed by atoms with Crippen molar-refractivity contribution in [3.05, 3.63) is 11.4 Å². The zero-order valence-electron chi connectivity index (χ0n) is 12.5. The van der Waals surface area contributed by atoms with Crippen LogP contribution < -0.4 is 10.2 Å². The van der Waals surface area contributed by atoms with E-state index in [9.17, 15) is 5.11 Å². The van der Waals surface area contributed by atoms with Crippen LogP contribution in [0.1, 0.15) is 26.7 Å². The Morgan fingerprint density at radius 2 is 2.33 bits per heavy atom. The molecule has 2 aromatic rings. The summed E-state index contributed by atoms with van der Waals surface area (Å²) >= 11 is 1.64. The minimum absolute atomic E-state index is 0.155. The molecule has 3 rings (SSSR count). The number of aliphatic hydroxyl groups excluding tert-OH is 1. The maximum Gasteiger partial charge on any atom is 0.226 e. The van der Waals surface area contributed by atoms with Crippen molar-refractivity contribution in [1.29, 1.82) is 0 Å². The molecule has 1 aliphatic rings. The van der Waals surface area contributed by atoms with E-state index < -0.39 is 0 Å². The summed E-state index contributed by atoms with van der Waals surface area (Å²) in [5, 5.41) is 16.1. The van der Waals surface area contributed by atoms with Crippen LogP contribution in [0.15, 0.2) is 11.4 Å². The van der Waals surface area contributed by atoms with Crippen LogP contribution in [0, 0.1) is 5.92 Å². The van der Waals surface area contributed by atoms with E-state index in [1.54, 1.807) is 11.3 Å². The lowest BCUT2D eigenvalue weighted by Crippen LogP contribution is -2.36. The van der Waals surface area contributed by atoms with E-state index in [1.165, 1.54) is 0 Å². The summed E-state index contributed by atoms with van der Waals surface area (Å²) in [5.41, 5.74) is 0. The van der Waals surface area contributed by atoms with Gasteiger partial charge in [0.05, 0.1) is 18.0 Å². The first-order valence-electron chi connectivity index (χ1n) is 7.61. The lowest BCUT2D eigenvalue weighted by molar-refractivity contribution is 0.244. The number of hydrogen-bond acceptors (Lipinski definition) is 6. The molecule has 2 atom stereocenters. The number of hydrogen-bond donors (Lipinski definition) is 2. The van der Waals surface area contributed by atoms with Gasteiger partial charge in [0, 0.05) is 13.1 Å². The van der Waals surface area contributed by atoms with Gasteiger partial charge in [-0.2, -0.15) is 4.98 Å². The molecule has 2 N–H and O–H groups in total. The van der Waals surface area contributed by atoms with Crippen molar-refractivity contribution in [2.75, 3.05) is 29.9 Å². The highest BCUT2D eigenvalue weighted by molar-refractivity contribution is 7.16. The summed E-state index contributed by atoms with van der Waals surface area (Å²) < 4.78 is 0. The van der Waals surface area contributed by atoms with Gasteiger partial charge >= 0.3 is 0 Å². The van der Waals surface area contributed by atoms with Crippen LogP contribution in [0.4, 0.5) is 11.8 Å². The third kappa shape index (κ3) is 2.70. The normalized spacial score (nSPS) is 22.1. The lowest BCUT2D eigenvalue weighted by atomic mass is 10.0. The van der Waals surface area contributed by atoms with Gasteiger partial charge in [-0.3, -0.25) is 0 Å². The molecular weight excluding hydrogens is 284 g/mol. The zero-order chi connectivity index (χ0) is 14.8. The summed E-state index contributed by atoms with van der Waals surface area (Å²) in [6.07, 6.45) is 2.14. The number of aliphatic hydroxyl groups is 1. The van der Waals surface area contributed by atoms with Gasteiger partial charge in [0.2, 0.25) is 5.95 Å². The van der Waals surface area contributed by atoms with Gasteiger partial charge in [0.1, 0.15) is 10.6 Å². The summed E-state index contributed by atoms with van der Waals surface area (Å²) in [4.78, 5) is 12.6. The fourth-order valence-corrected chi connectivity index (χ4v) is 3.68. The number of nitrogens with one attached hydrogen (secondary N) is 1. The Hall–Kier alpha value is -1.40. The molecule has 0 amide bonds. The van der Waals surface area contributed by atoms with E-state index in [-0.39, 0.29) is 12.6 Å². The van der Waals surface area contributed by atoms with Crippen molar-refractivity contribution in [3.8, 4) is 0 Å². The third-order valence-corrected chi connectivity index (χ3v) is 4.99. The average Bonchev–Trinajstić information content (AvgIpc) is 3.10. The summed E-state index contributed by atoms with van der Waals surface area (Å²) in [6.45, 7) is 6.32. The molecule has 6 heteroatoms. The van der Waals surface area contributed by atoms with Gasteiger partial charge < -0.3 is 15.3 Å². The highest BCUT2D eigenvalue weighted by atomic mass is 32.1. The zero-order valence-corrected chi connectivity index (χ0v) is 13.4. The van der Waals surface area contributed by atoms with Gasteiger partial charge in [-0.1, -0.05) is 13.8 Å². The molecule has 0 spiro atoms.